The van der Waals surface area contributed by atoms with Crippen LogP contribution in [-0.2, 0) is 0 Å². The Bertz CT molecular complexity index is 699. The van der Waals surface area contributed by atoms with Gasteiger partial charge in [0.2, 0.25) is 5.95 Å². The van der Waals surface area contributed by atoms with E-state index in [0.717, 1.165) is 40.7 Å². The van der Waals surface area contributed by atoms with Crippen molar-refractivity contribution in [1.82, 2.24) is 9.97 Å². The van der Waals surface area contributed by atoms with Crippen molar-refractivity contribution >= 4 is 27.5 Å². The molecular formula is C14H13N3OS. The van der Waals surface area contributed by atoms with E-state index in [1.807, 2.05) is 18.2 Å². The molecule has 4 rings (SSSR count). The Labute approximate surface area is 114 Å². The van der Waals surface area contributed by atoms with Crippen molar-refractivity contribution in [2.45, 2.75) is 12.8 Å². The Kier molecular flexibility index (Phi) is 2.51. The van der Waals surface area contributed by atoms with Gasteiger partial charge in [-0.25, -0.2) is 9.97 Å². The molecule has 19 heavy (non-hydrogen) atoms. The van der Waals surface area contributed by atoms with E-state index < -0.39 is 0 Å². The minimum atomic E-state index is 0.815. The van der Waals surface area contributed by atoms with Crippen molar-refractivity contribution in [3.05, 3.63) is 29.8 Å². The third-order valence-electron chi connectivity index (χ3n) is 3.44. The highest BCUT2D eigenvalue weighted by molar-refractivity contribution is 7.17. The number of fused-ring (bicyclic) bond motifs is 1. The number of rotatable bonds is 2. The summed E-state index contributed by atoms with van der Waals surface area (Å²) in [6, 6.07) is 5.90. The minimum absolute atomic E-state index is 0.815. The van der Waals surface area contributed by atoms with Crippen molar-refractivity contribution in [3.63, 3.8) is 0 Å². The van der Waals surface area contributed by atoms with Crippen molar-refractivity contribution in [2.75, 3.05) is 18.0 Å². The van der Waals surface area contributed by atoms with Crippen LogP contribution in [0.3, 0.4) is 0 Å². The first kappa shape index (κ1) is 11.0. The maximum absolute atomic E-state index is 5.51. The predicted molar refractivity (Wildman–Crippen MR) is 76.6 cm³/mol. The Morgan fingerprint density at radius 2 is 2.05 bits per heavy atom. The summed E-state index contributed by atoms with van der Waals surface area (Å²) < 4.78 is 6.61. The first-order valence-electron chi connectivity index (χ1n) is 6.46. The molecule has 0 aromatic carbocycles. The van der Waals surface area contributed by atoms with Gasteiger partial charge in [-0.05, 0) is 36.4 Å². The number of hydrogen-bond acceptors (Lipinski definition) is 5. The summed E-state index contributed by atoms with van der Waals surface area (Å²) in [6.45, 7) is 2.10. The summed E-state index contributed by atoms with van der Waals surface area (Å²) in [4.78, 5) is 11.7. The van der Waals surface area contributed by atoms with E-state index in [4.69, 9.17) is 9.40 Å². The normalized spacial score (nSPS) is 15.5. The molecule has 1 fully saturated rings. The molecule has 0 N–H and O–H groups in total. The zero-order chi connectivity index (χ0) is 12.7. The van der Waals surface area contributed by atoms with Crippen LogP contribution in [-0.4, -0.2) is 23.1 Å². The van der Waals surface area contributed by atoms with Crippen LogP contribution in [0.5, 0.6) is 0 Å². The fourth-order valence-electron chi connectivity index (χ4n) is 2.49. The minimum Gasteiger partial charge on any atom is -0.463 e. The van der Waals surface area contributed by atoms with Gasteiger partial charge >= 0.3 is 0 Å². The average molecular weight is 271 g/mol. The van der Waals surface area contributed by atoms with Gasteiger partial charge in [0.25, 0.3) is 0 Å². The number of hydrogen-bond donors (Lipinski definition) is 0. The maximum Gasteiger partial charge on any atom is 0.226 e. The molecule has 0 aliphatic carbocycles. The van der Waals surface area contributed by atoms with Gasteiger partial charge in [-0.15, -0.1) is 11.3 Å². The SMILES string of the molecule is c1coc(-c2nc(N3CCCC3)nc3ccsc23)c1. The summed E-state index contributed by atoms with van der Waals surface area (Å²) in [6.07, 6.45) is 4.13. The van der Waals surface area contributed by atoms with Gasteiger partial charge in [0.05, 0.1) is 16.5 Å². The molecule has 0 radical (unpaired) electrons. The molecular weight excluding hydrogens is 258 g/mol. The van der Waals surface area contributed by atoms with Crippen LogP contribution in [0.15, 0.2) is 34.3 Å². The van der Waals surface area contributed by atoms with E-state index in [-0.39, 0.29) is 0 Å². The first-order chi connectivity index (χ1) is 9.42. The van der Waals surface area contributed by atoms with Gasteiger partial charge in [0, 0.05) is 13.1 Å². The summed E-state index contributed by atoms with van der Waals surface area (Å²) >= 11 is 1.66. The third-order valence-corrected chi connectivity index (χ3v) is 4.35. The number of aromatic nitrogens is 2. The lowest BCUT2D eigenvalue weighted by molar-refractivity contribution is 0.580. The fraction of sp³-hybridized carbons (Fsp3) is 0.286. The molecule has 0 spiro atoms. The maximum atomic E-state index is 5.51. The number of nitrogens with zero attached hydrogens (tertiary/aromatic N) is 3. The lowest BCUT2D eigenvalue weighted by Gasteiger charge is -2.15. The van der Waals surface area contributed by atoms with Crippen molar-refractivity contribution in [3.8, 4) is 11.5 Å². The second-order valence-corrected chi connectivity index (χ2v) is 5.59. The zero-order valence-electron chi connectivity index (χ0n) is 10.4. The predicted octanol–water partition coefficient (Wildman–Crippen LogP) is 3.55. The highest BCUT2D eigenvalue weighted by Gasteiger charge is 2.19. The molecule has 0 unspecified atom stereocenters. The second-order valence-electron chi connectivity index (χ2n) is 4.68. The molecule has 0 bridgehead atoms. The van der Waals surface area contributed by atoms with Gasteiger partial charge in [-0.1, -0.05) is 0 Å². The van der Waals surface area contributed by atoms with Gasteiger partial charge in [-0.3, -0.25) is 0 Å². The van der Waals surface area contributed by atoms with E-state index in [9.17, 15) is 0 Å². The van der Waals surface area contributed by atoms with Crippen molar-refractivity contribution in [2.24, 2.45) is 0 Å². The molecule has 0 atom stereocenters. The topological polar surface area (TPSA) is 42.2 Å². The van der Waals surface area contributed by atoms with Gasteiger partial charge in [-0.2, -0.15) is 0 Å². The largest absolute Gasteiger partial charge is 0.463 e. The average Bonchev–Trinajstić information content (AvgIpc) is 3.18. The fourth-order valence-corrected chi connectivity index (χ4v) is 3.32. The van der Waals surface area contributed by atoms with Crippen LogP contribution in [0.4, 0.5) is 5.95 Å². The van der Waals surface area contributed by atoms with E-state index in [2.05, 4.69) is 15.3 Å². The van der Waals surface area contributed by atoms with Gasteiger partial charge < -0.3 is 9.32 Å². The monoisotopic (exact) mass is 271 g/mol. The van der Waals surface area contributed by atoms with Crippen LogP contribution in [0, 0.1) is 0 Å². The first-order valence-corrected chi connectivity index (χ1v) is 7.34. The molecule has 1 saturated heterocycles. The molecule has 1 aliphatic heterocycles. The van der Waals surface area contributed by atoms with Crippen LogP contribution in [0.2, 0.25) is 0 Å². The number of thiophene rings is 1. The van der Waals surface area contributed by atoms with Gasteiger partial charge in [0.1, 0.15) is 5.69 Å². The van der Waals surface area contributed by atoms with E-state index >= 15 is 0 Å². The van der Waals surface area contributed by atoms with E-state index in [1.165, 1.54) is 12.8 Å². The summed E-state index contributed by atoms with van der Waals surface area (Å²) in [5, 5.41) is 2.06. The summed E-state index contributed by atoms with van der Waals surface area (Å²) in [5.41, 5.74) is 1.92. The highest BCUT2D eigenvalue weighted by Crippen LogP contribution is 2.32. The van der Waals surface area contributed by atoms with Gasteiger partial charge in [0.15, 0.2) is 5.76 Å². The molecule has 1 aliphatic rings. The number of anilines is 1. The van der Waals surface area contributed by atoms with E-state index in [1.54, 1.807) is 17.6 Å². The second kappa shape index (κ2) is 4.35. The van der Waals surface area contributed by atoms with Crippen LogP contribution in [0.1, 0.15) is 12.8 Å². The molecule has 96 valence electrons. The Balaban J connectivity index is 1.92. The summed E-state index contributed by atoms with van der Waals surface area (Å²) in [7, 11) is 0. The smallest absolute Gasteiger partial charge is 0.226 e. The quantitative estimate of drug-likeness (QED) is 0.715. The molecule has 5 heteroatoms. The van der Waals surface area contributed by atoms with Crippen LogP contribution < -0.4 is 4.90 Å². The molecule has 3 aromatic rings. The Morgan fingerprint density at radius 1 is 1.16 bits per heavy atom. The lowest BCUT2D eigenvalue weighted by Crippen LogP contribution is -2.20. The standard InChI is InChI=1S/C14H13N3OS/c1-2-7-17(6-1)14-15-10-5-9-19-13(10)12(16-14)11-4-3-8-18-11/h3-5,8-9H,1-2,6-7H2. The lowest BCUT2D eigenvalue weighted by atomic mass is 10.3. The third kappa shape index (κ3) is 1.81. The van der Waals surface area contributed by atoms with Crippen LogP contribution >= 0.6 is 11.3 Å². The molecule has 0 amide bonds. The van der Waals surface area contributed by atoms with Crippen LogP contribution in [0.25, 0.3) is 21.7 Å². The molecule has 4 nitrogen and oxygen atoms in total. The van der Waals surface area contributed by atoms with Crippen molar-refractivity contribution < 1.29 is 4.42 Å². The highest BCUT2D eigenvalue weighted by atomic mass is 32.1. The summed E-state index contributed by atoms with van der Waals surface area (Å²) in [5.74, 6) is 1.64. The Hall–Kier alpha value is -1.88. The Morgan fingerprint density at radius 3 is 2.84 bits per heavy atom. The molecule has 4 heterocycles. The van der Waals surface area contributed by atoms with E-state index in [0.29, 0.717) is 0 Å². The zero-order valence-corrected chi connectivity index (χ0v) is 11.2. The van der Waals surface area contributed by atoms with Crippen molar-refractivity contribution in [1.29, 1.82) is 0 Å². The molecule has 3 aromatic heterocycles. The number of furan rings is 1. The molecule has 0 saturated carbocycles.